The molecule has 0 heterocycles. The highest BCUT2D eigenvalue weighted by Crippen LogP contribution is 2.68. The van der Waals surface area contributed by atoms with Gasteiger partial charge in [0.15, 0.2) is 0 Å². The molecule has 4 aliphatic rings. The topological polar surface area (TPSA) is 26.0 Å². The van der Waals surface area contributed by atoms with Crippen molar-refractivity contribution in [1.29, 1.82) is 0 Å². The van der Waals surface area contributed by atoms with Gasteiger partial charge in [-0.15, -0.1) is 0 Å². The highest BCUT2D eigenvalue weighted by molar-refractivity contribution is 5.09. The van der Waals surface area contributed by atoms with E-state index >= 15 is 0 Å². The highest BCUT2D eigenvalue weighted by Gasteiger charge is 2.60. The molecule has 30 heavy (non-hydrogen) atoms. The van der Waals surface area contributed by atoms with E-state index in [1.807, 2.05) is 0 Å². The Kier molecular flexibility index (Phi) is 6.99. The predicted molar refractivity (Wildman–Crippen MR) is 130 cm³/mol. The second kappa shape index (κ2) is 9.07. The Hall–Kier alpha value is -0.0400. The van der Waals surface area contributed by atoms with E-state index in [4.69, 9.17) is 5.73 Å². The van der Waals surface area contributed by atoms with Gasteiger partial charge in [-0.2, -0.15) is 0 Å². The maximum absolute atomic E-state index is 5.92. The Labute approximate surface area is 188 Å². The van der Waals surface area contributed by atoms with Gasteiger partial charge in [0.25, 0.3) is 0 Å². The van der Waals surface area contributed by atoms with Gasteiger partial charge in [0.2, 0.25) is 0 Å². The first-order chi connectivity index (χ1) is 14.3. The Morgan fingerprint density at radius 1 is 0.833 bits per heavy atom. The summed E-state index contributed by atoms with van der Waals surface area (Å²) in [5.41, 5.74) is 7.22. The molecule has 0 aromatic carbocycles. The smallest absolute Gasteiger partial charge is 0.00746 e. The summed E-state index contributed by atoms with van der Waals surface area (Å²) in [7, 11) is 0. The molecular formula is C29H53N. The van der Waals surface area contributed by atoms with Gasteiger partial charge in [0, 0.05) is 0 Å². The normalized spacial score (nSPS) is 46.9. The van der Waals surface area contributed by atoms with Crippen molar-refractivity contribution in [2.45, 2.75) is 118 Å². The molecule has 2 N–H and O–H groups in total. The van der Waals surface area contributed by atoms with Crippen LogP contribution in [0.3, 0.4) is 0 Å². The number of fused-ring (bicyclic) bond motifs is 5. The van der Waals surface area contributed by atoms with Crippen LogP contribution in [-0.2, 0) is 0 Å². The lowest BCUT2D eigenvalue weighted by Crippen LogP contribution is -2.53. The van der Waals surface area contributed by atoms with Crippen molar-refractivity contribution < 1.29 is 0 Å². The fourth-order valence-electron chi connectivity index (χ4n) is 9.87. The molecular weight excluding hydrogens is 362 g/mol. The Morgan fingerprint density at radius 3 is 2.30 bits per heavy atom. The molecule has 9 atom stereocenters. The third-order valence-corrected chi connectivity index (χ3v) is 11.6. The van der Waals surface area contributed by atoms with Gasteiger partial charge in [-0.25, -0.2) is 0 Å². The van der Waals surface area contributed by atoms with E-state index in [0.29, 0.717) is 10.8 Å². The van der Waals surface area contributed by atoms with E-state index in [0.717, 1.165) is 53.9 Å². The average Bonchev–Trinajstić information content (AvgIpc) is 3.05. The van der Waals surface area contributed by atoms with E-state index in [-0.39, 0.29) is 0 Å². The molecule has 0 aliphatic heterocycles. The standard InChI is InChI=1S/C29H53N/c1-20(2)7-6-8-21(3)25-11-12-26-24-10-9-23-19-22(15-18-30)13-16-28(23,4)27(24)14-17-29(25,26)5/h20-27H,6-19,30H2,1-5H3/t21-,22-,23+,24+,25-,26+,27+,28+,29-/m1/s1. The molecule has 0 spiro atoms. The van der Waals surface area contributed by atoms with Gasteiger partial charge >= 0.3 is 0 Å². The van der Waals surface area contributed by atoms with Crippen LogP contribution >= 0.6 is 0 Å². The number of hydrogen-bond donors (Lipinski definition) is 1. The van der Waals surface area contributed by atoms with Crippen LogP contribution in [0.4, 0.5) is 0 Å². The number of nitrogens with two attached hydrogens (primary N) is 1. The summed E-state index contributed by atoms with van der Waals surface area (Å²) in [6.07, 6.45) is 19.3. The third-order valence-electron chi connectivity index (χ3n) is 11.6. The van der Waals surface area contributed by atoms with Gasteiger partial charge in [0.05, 0.1) is 0 Å². The van der Waals surface area contributed by atoms with Crippen molar-refractivity contribution in [2.75, 3.05) is 6.54 Å². The van der Waals surface area contributed by atoms with Gasteiger partial charge in [-0.1, -0.05) is 53.9 Å². The first kappa shape index (κ1) is 23.1. The molecule has 4 fully saturated rings. The molecule has 0 aromatic rings. The summed E-state index contributed by atoms with van der Waals surface area (Å²) < 4.78 is 0. The monoisotopic (exact) mass is 415 g/mol. The average molecular weight is 416 g/mol. The second-order valence-electron chi connectivity index (χ2n) is 13.4. The summed E-state index contributed by atoms with van der Waals surface area (Å²) in [6.45, 7) is 13.8. The molecule has 0 aromatic heterocycles. The van der Waals surface area contributed by atoms with Crippen LogP contribution in [0, 0.1) is 58.2 Å². The minimum absolute atomic E-state index is 0.649. The molecule has 0 radical (unpaired) electrons. The summed E-state index contributed by atoms with van der Waals surface area (Å²) in [4.78, 5) is 0. The molecule has 1 heteroatoms. The SMILES string of the molecule is CC(C)CCC[C@@H](C)[C@H]1CC[C@H]2[C@@H]3CC[C@H]4C[C@@H](CCN)CC[C@]4(C)[C@H]3CC[C@]12C. The maximum atomic E-state index is 5.92. The summed E-state index contributed by atoms with van der Waals surface area (Å²) in [5.74, 6) is 7.85. The molecule has 4 rings (SSSR count). The zero-order valence-corrected chi connectivity index (χ0v) is 21.1. The highest BCUT2D eigenvalue weighted by atomic mass is 14.7. The molecule has 0 bridgehead atoms. The molecule has 174 valence electrons. The zero-order chi connectivity index (χ0) is 21.5. The fraction of sp³-hybridized carbons (Fsp3) is 1.00. The first-order valence-corrected chi connectivity index (χ1v) is 14.0. The quantitative estimate of drug-likeness (QED) is 0.447. The van der Waals surface area contributed by atoms with Gasteiger partial charge in [0.1, 0.15) is 0 Å². The Morgan fingerprint density at radius 2 is 1.57 bits per heavy atom. The summed E-state index contributed by atoms with van der Waals surface area (Å²) in [6, 6.07) is 0. The van der Waals surface area contributed by atoms with E-state index in [1.165, 1.54) is 64.2 Å². The van der Waals surface area contributed by atoms with Crippen LogP contribution in [0.15, 0.2) is 0 Å². The van der Waals surface area contributed by atoms with E-state index < -0.39 is 0 Å². The van der Waals surface area contributed by atoms with Crippen molar-refractivity contribution in [1.82, 2.24) is 0 Å². The number of rotatable bonds is 7. The summed E-state index contributed by atoms with van der Waals surface area (Å²) in [5, 5.41) is 0. The van der Waals surface area contributed by atoms with Gasteiger partial charge in [-0.05, 0) is 129 Å². The molecule has 4 saturated carbocycles. The van der Waals surface area contributed by atoms with Crippen LogP contribution < -0.4 is 5.73 Å². The van der Waals surface area contributed by atoms with Crippen molar-refractivity contribution in [3.63, 3.8) is 0 Å². The van der Waals surface area contributed by atoms with Crippen LogP contribution in [0.2, 0.25) is 0 Å². The minimum Gasteiger partial charge on any atom is -0.330 e. The Bertz CT molecular complexity index is 569. The molecule has 4 aliphatic carbocycles. The zero-order valence-electron chi connectivity index (χ0n) is 21.1. The van der Waals surface area contributed by atoms with Gasteiger partial charge < -0.3 is 5.73 Å². The molecule has 0 saturated heterocycles. The second-order valence-corrected chi connectivity index (χ2v) is 13.4. The lowest BCUT2D eigenvalue weighted by atomic mass is 9.44. The van der Waals surface area contributed by atoms with Crippen molar-refractivity contribution in [2.24, 2.45) is 63.9 Å². The molecule has 0 amide bonds. The van der Waals surface area contributed by atoms with Crippen LogP contribution in [0.5, 0.6) is 0 Å². The predicted octanol–water partition coefficient (Wildman–Crippen LogP) is 8.07. The summed E-state index contributed by atoms with van der Waals surface area (Å²) >= 11 is 0. The van der Waals surface area contributed by atoms with E-state index in [2.05, 4.69) is 34.6 Å². The van der Waals surface area contributed by atoms with Crippen molar-refractivity contribution in [3.8, 4) is 0 Å². The number of hydrogen-bond acceptors (Lipinski definition) is 1. The minimum atomic E-state index is 0.649. The fourth-order valence-corrected chi connectivity index (χ4v) is 9.87. The molecule has 0 unspecified atom stereocenters. The van der Waals surface area contributed by atoms with E-state index in [1.54, 1.807) is 19.3 Å². The lowest BCUT2D eigenvalue weighted by molar-refractivity contribution is -0.121. The maximum Gasteiger partial charge on any atom is -0.00746 e. The lowest BCUT2D eigenvalue weighted by Gasteiger charge is -2.61. The Balaban J connectivity index is 1.43. The molecule has 1 nitrogen and oxygen atoms in total. The first-order valence-electron chi connectivity index (χ1n) is 14.0. The van der Waals surface area contributed by atoms with E-state index in [9.17, 15) is 0 Å². The van der Waals surface area contributed by atoms with Crippen molar-refractivity contribution >= 4 is 0 Å². The largest absolute Gasteiger partial charge is 0.330 e. The van der Waals surface area contributed by atoms with Crippen LogP contribution in [-0.4, -0.2) is 6.54 Å². The van der Waals surface area contributed by atoms with Crippen molar-refractivity contribution in [3.05, 3.63) is 0 Å². The van der Waals surface area contributed by atoms with Crippen LogP contribution in [0.25, 0.3) is 0 Å². The third kappa shape index (κ3) is 4.04. The van der Waals surface area contributed by atoms with Gasteiger partial charge in [-0.3, -0.25) is 0 Å². The van der Waals surface area contributed by atoms with Crippen LogP contribution in [0.1, 0.15) is 118 Å².